The molecule has 1 aromatic heterocycles. The Morgan fingerprint density at radius 3 is 2.48 bits per heavy atom. The number of benzene rings is 3. The molecule has 0 unspecified atom stereocenters. The van der Waals surface area contributed by atoms with Gasteiger partial charge in [0.05, 0.1) is 21.7 Å². The normalized spacial score (nSPS) is 11.5. The number of nitrogens with one attached hydrogen (secondary N) is 1. The molecule has 0 radical (unpaired) electrons. The van der Waals surface area contributed by atoms with E-state index < -0.39 is 9.84 Å². The fraction of sp³-hybridized carbons (Fsp3) is 0.130. The highest BCUT2D eigenvalue weighted by molar-refractivity contribution is 7.99. The van der Waals surface area contributed by atoms with Crippen LogP contribution in [-0.4, -0.2) is 35.9 Å². The largest absolute Gasteiger partial charge is 0.325 e. The van der Waals surface area contributed by atoms with Crippen LogP contribution >= 0.6 is 11.8 Å². The van der Waals surface area contributed by atoms with Crippen molar-refractivity contribution in [2.45, 2.75) is 17.0 Å². The topological polar surface area (TPSA) is 81.1 Å². The summed E-state index contributed by atoms with van der Waals surface area (Å²) in [6.45, 7) is 2.04. The Balaban J connectivity index is 1.54. The van der Waals surface area contributed by atoms with E-state index in [0.717, 1.165) is 33.7 Å². The van der Waals surface area contributed by atoms with Gasteiger partial charge in [0, 0.05) is 17.6 Å². The van der Waals surface area contributed by atoms with Crippen molar-refractivity contribution >= 4 is 44.2 Å². The minimum atomic E-state index is -3.27. The average Bonchev–Trinajstić information content (AvgIpc) is 3.10. The van der Waals surface area contributed by atoms with Crippen LogP contribution in [0, 0.1) is 6.92 Å². The molecular weight excluding hydrogens is 430 g/mol. The standard InChI is InChI=1S/C23H21N3O3S2/c1-16-6-5-7-18(14-16)26-21-9-4-3-8-20(21)25-23(26)30-15-22(27)24-17-10-12-19(13-11-17)31(2,28)29/h3-14H,15H2,1-2H3,(H,24,27). The van der Waals surface area contributed by atoms with Crippen molar-refractivity contribution < 1.29 is 13.2 Å². The highest BCUT2D eigenvalue weighted by Gasteiger charge is 2.15. The first kappa shape index (κ1) is 21.1. The number of carbonyl (C=O) groups is 1. The lowest BCUT2D eigenvalue weighted by Crippen LogP contribution is -2.14. The number of sulfone groups is 1. The van der Waals surface area contributed by atoms with Gasteiger partial charge < -0.3 is 5.32 Å². The van der Waals surface area contributed by atoms with E-state index in [0.29, 0.717) is 5.69 Å². The molecule has 4 aromatic rings. The van der Waals surface area contributed by atoms with Crippen molar-refractivity contribution in [2.24, 2.45) is 0 Å². The summed E-state index contributed by atoms with van der Waals surface area (Å²) in [5.74, 6) is -0.0249. The molecule has 0 aliphatic heterocycles. The van der Waals surface area contributed by atoms with E-state index in [1.54, 1.807) is 12.1 Å². The van der Waals surface area contributed by atoms with E-state index in [4.69, 9.17) is 4.98 Å². The van der Waals surface area contributed by atoms with Gasteiger partial charge >= 0.3 is 0 Å². The highest BCUT2D eigenvalue weighted by atomic mass is 32.2. The van der Waals surface area contributed by atoms with Crippen LogP contribution in [0.25, 0.3) is 16.7 Å². The second kappa shape index (κ2) is 8.56. The number of anilines is 1. The summed E-state index contributed by atoms with van der Waals surface area (Å²) in [6.07, 6.45) is 1.15. The first-order valence-corrected chi connectivity index (χ1v) is 12.5. The predicted molar refractivity (Wildman–Crippen MR) is 125 cm³/mol. The van der Waals surface area contributed by atoms with Crippen molar-refractivity contribution in [3.05, 3.63) is 78.4 Å². The minimum Gasteiger partial charge on any atom is -0.325 e. The average molecular weight is 452 g/mol. The molecule has 0 atom stereocenters. The number of nitrogens with zero attached hydrogens (tertiary/aromatic N) is 2. The summed E-state index contributed by atoms with van der Waals surface area (Å²) in [5, 5.41) is 3.53. The molecule has 1 amide bonds. The molecule has 1 heterocycles. The molecule has 3 aromatic carbocycles. The third kappa shape index (κ3) is 4.81. The van der Waals surface area contributed by atoms with Crippen molar-refractivity contribution in [3.8, 4) is 5.69 Å². The number of hydrogen-bond acceptors (Lipinski definition) is 5. The number of para-hydroxylation sites is 2. The van der Waals surface area contributed by atoms with Crippen LogP contribution in [0.4, 0.5) is 5.69 Å². The maximum absolute atomic E-state index is 12.5. The van der Waals surface area contributed by atoms with Gasteiger partial charge in [-0.25, -0.2) is 13.4 Å². The number of carbonyl (C=O) groups excluding carboxylic acids is 1. The van der Waals surface area contributed by atoms with Gasteiger partial charge in [-0.1, -0.05) is 36.0 Å². The Hall–Kier alpha value is -3.10. The molecule has 0 fully saturated rings. The number of rotatable bonds is 6. The Morgan fingerprint density at radius 2 is 1.77 bits per heavy atom. The Labute approximate surface area is 185 Å². The van der Waals surface area contributed by atoms with Crippen LogP contribution in [0.5, 0.6) is 0 Å². The fourth-order valence-electron chi connectivity index (χ4n) is 3.23. The molecule has 31 heavy (non-hydrogen) atoms. The molecule has 1 N–H and O–H groups in total. The van der Waals surface area contributed by atoms with Crippen molar-refractivity contribution in [1.29, 1.82) is 0 Å². The summed E-state index contributed by atoms with van der Waals surface area (Å²) in [5.41, 5.74) is 4.52. The number of imidazole rings is 1. The van der Waals surface area contributed by atoms with Crippen molar-refractivity contribution in [3.63, 3.8) is 0 Å². The third-order valence-corrected chi connectivity index (χ3v) is 6.76. The Bertz CT molecular complexity index is 1360. The van der Waals surface area contributed by atoms with E-state index in [-0.39, 0.29) is 16.6 Å². The van der Waals surface area contributed by atoms with Crippen LogP contribution in [0.15, 0.2) is 82.8 Å². The summed E-state index contributed by atoms with van der Waals surface area (Å²) in [4.78, 5) is 17.4. The maximum Gasteiger partial charge on any atom is 0.234 e. The molecule has 6 nitrogen and oxygen atoms in total. The zero-order valence-corrected chi connectivity index (χ0v) is 18.7. The van der Waals surface area contributed by atoms with Gasteiger partial charge in [0.25, 0.3) is 0 Å². The third-order valence-electron chi connectivity index (χ3n) is 4.69. The fourth-order valence-corrected chi connectivity index (χ4v) is 4.69. The van der Waals surface area contributed by atoms with Crippen molar-refractivity contribution in [1.82, 2.24) is 9.55 Å². The number of thioether (sulfide) groups is 1. The number of amides is 1. The van der Waals surface area contributed by atoms with Crippen LogP contribution in [0.2, 0.25) is 0 Å². The molecule has 0 saturated carbocycles. The van der Waals surface area contributed by atoms with Gasteiger partial charge in [-0.2, -0.15) is 0 Å². The van der Waals surface area contributed by atoms with Gasteiger partial charge in [-0.3, -0.25) is 9.36 Å². The van der Waals surface area contributed by atoms with E-state index in [2.05, 4.69) is 16.0 Å². The minimum absolute atomic E-state index is 0.170. The summed E-state index contributed by atoms with van der Waals surface area (Å²) >= 11 is 1.35. The van der Waals surface area contributed by atoms with Crippen LogP contribution in [0.1, 0.15) is 5.56 Å². The second-order valence-corrected chi connectivity index (χ2v) is 10.1. The summed E-state index contributed by atoms with van der Waals surface area (Å²) < 4.78 is 25.2. The SMILES string of the molecule is Cc1cccc(-n2c(SCC(=O)Nc3ccc(S(C)(=O)=O)cc3)nc3ccccc32)c1. The number of aryl methyl sites for hydroxylation is 1. The van der Waals surface area contributed by atoms with Gasteiger partial charge in [0.2, 0.25) is 5.91 Å². The van der Waals surface area contributed by atoms with E-state index in [1.165, 1.54) is 23.9 Å². The first-order valence-electron chi connectivity index (χ1n) is 9.58. The van der Waals surface area contributed by atoms with Crippen LogP contribution in [0.3, 0.4) is 0 Å². The molecule has 0 spiro atoms. The van der Waals surface area contributed by atoms with Gasteiger partial charge in [0.1, 0.15) is 0 Å². The number of hydrogen-bond donors (Lipinski definition) is 1. The second-order valence-electron chi connectivity index (χ2n) is 7.19. The molecule has 0 aliphatic rings. The molecular formula is C23H21N3O3S2. The summed E-state index contributed by atoms with van der Waals surface area (Å²) in [6, 6.07) is 22.2. The van der Waals surface area contributed by atoms with Crippen LogP contribution < -0.4 is 5.32 Å². The molecule has 4 rings (SSSR count). The lowest BCUT2D eigenvalue weighted by Gasteiger charge is -2.10. The molecule has 0 saturated heterocycles. The lowest BCUT2D eigenvalue weighted by molar-refractivity contribution is -0.113. The quantitative estimate of drug-likeness (QED) is 0.438. The zero-order chi connectivity index (χ0) is 22.0. The van der Waals surface area contributed by atoms with E-state index in [9.17, 15) is 13.2 Å². The van der Waals surface area contributed by atoms with Gasteiger partial charge in [0.15, 0.2) is 15.0 Å². The zero-order valence-electron chi connectivity index (χ0n) is 17.1. The van der Waals surface area contributed by atoms with Gasteiger partial charge in [-0.05, 0) is 61.0 Å². The van der Waals surface area contributed by atoms with E-state index in [1.807, 2.05) is 49.4 Å². The van der Waals surface area contributed by atoms with Crippen LogP contribution in [-0.2, 0) is 14.6 Å². The van der Waals surface area contributed by atoms with Gasteiger partial charge in [-0.15, -0.1) is 0 Å². The molecule has 158 valence electrons. The Kier molecular flexibility index (Phi) is 5.84. The molecule has 8 heteroatoms. The summed E-state index contributed by atoms with van der Waals surface area (Å²) in [7, 11) is -3.27. The smallest absolute Gasteiger partial charge is 0.234 e. The first-order chi connectivity index (χ1) is 14.8. The lowest BCUT2D eigenvalue weighted by atomic mass is 10.2. The highest BCUT2D eigenvalue weighted by Crippen LogP contribution is 2.28. The number of fused-ring (bicyclic) bond motifs is 1. The van der Waals surface area contributed by atoms with Crippen molar-refractivity contribution in [2.75, 3.05) is 17.3 Å². The predicted octanol–water partition coefficient (Wildman–Crippen LogP) is 4.47. The monoisotopic (exact) mass is 451 g/mol. The molecule has 0 aliphatic carbocycles. The number of aromatic nitrogens is 2. The Morgan fingerprint density at radius 1 is 1.03 bits per heavy atom. The maximum atomic E-state index is 12.5. The molecule has 0 bridgehead atoms. The van der Waals surface area contributed by atoms with E-state index >= 15 is 0 Å².